The van der Waals surface area contributed by atoms with Crippen molar-refractivity contribution in [2.45, 2.75) is 25.3 Å². The van der Waals surface area contributed by atoms with Crippen molar-refractivity contribution in [3.63, 3.8) is 0 Å². The molecule has 1 saturated carbocycles. The molecule has 0 saturated heterocycles. The standard InChI is InChI=1S/C10H13NOS/c1-11(8-3-2-4-8)10-6-5-9(7-12)13-10/h5-8H,2-4H2,1H3. The van der Waals surface area contributed by atoms with Crippen LogP contribution < -0.4 is 4.90 Å². The molecule has 0 bridgehead atoms. The van der Waals surface area contributed by atoms with Gasteiger partial charge in [-0.2, -0.15) is 0 Å². The molecule has 70 valence electrons. The van der Waals surface area contributed by atoms with E-state index in [-0.39, 0.29) is 0 Å². The van der Waals surface area contributed by atoms with Crippen molar-refractivity contribution in [1.29, 1.82) is 0 Å². The van der Waals surface area contributed by atoms with E-state index in [1.54, 1.807) is 11.3 Å². The van der Waals surface area contributed by atoms with Gasteiger partial charge in [-0.25, -0.2) is 0 Å². The van der Waals surface area contributed by atoms with E-state index in [9.17, 15) is 4.79 Å². The second-order valence-electron chi connectivity index (χ2n) is 3.49. The first-order chi connectivity index (χ1) is 6.31. The summed E-state index contributed by atoms with van der Waals surface area (Å²) in [5.41, 5.74) is 0. The molecule has 13 heavy (non-hydrogen) atoms. The van der Waals surface area contributed by atoms with Crippen molar-refractivity contribution in [3.8, 4) is 0 Å². The smallest absolute Gasteiger partial charge is 0.160 e. The second kappa shape index (κ2) is 3.50. The molecule has 1 aromatic rings. The molecule has 1 fully saturated rings. The number of carbonyl (C=O) groups is 1. The summed E-state index contributed by atoms with van der Waals surface area (Å²) in [6.07, 6.45) is 4.86. The largest absolute Gasteiger partial charge is 0.364 e. The lowest BCUT2D eigenvalue weighted by molar-refractivity contribution is 0.112. The number of nitrogens with zero attached hydrogens (tertiary/aromatic N) is 1. The molecule has 0 amide bonds. The molecule has 1 aliphatic carbocycles. The normalized spacial score (nSPS) is 16.7. The number of carbonyl (C=O) groups excluding carboxylic acids is 1. The van der Waals surface area contributed by atoms with E-state index < -0.39 is 0 Å². The van der Waals surface area contributed by atoms with E-state index in [0.717, 1.165) is 11.2 Å². The Hall–Kier alpha value is -0.830. The highest BCUT2D eigenvalue weighted by molar-refractivity contribution is 7.17. The zero-order valence-corrected chi connectivity index (χ0v) is 8.51. The maximum Gasteiger partial charge on any atom is 0.160 e. The van der Waals surface area contributed by atoms with Crippen LogP contribution in [-0.2, 0) is 0 Å². The van der Waals surface area contributed by atoms with Gasteiger partial charge in [-0.15, -0.1) is 11.3 Å². The molecule has 0 N–H and O–H groups in total. The predicted molar refractivity (Wildman–Crippen MR) is 55.7 cm³/mol. The average Bonchev–Trinajstić information content (AvgIpc) is 2.48. The summed E-state index contributed by atoms with van der Waals surface area (Å²) in [4.78, 5) is 13.6. The minimum absolute atomic E-state index is 0.707. The van der Waals surface area contributed by atoms with Crippen LogP contribution in [-0.4, -0.2) is 19.4 Å². The number of rotatable bonds is 3. The van der Waals surface area contributed by atoms with Crippen molar-refractivity contribution < 1.29 is 4.79 Å². The topological polar surface area (TPSA) is 20.3 Å². The first kappa shape index (κ1) is 8.75. The Morgan fingerprint density at radius 1 is 1.54 bits per heavy atom. The minimum Gasteiger partial charge on any atom is -0.364 e. The van der Waals surface area contributed by atoms with Crippen LogP contribution in [0.3, 0.4) is 0 Å². The van der Waals surface area contributed by atoms with Gasteiger partial charge in [-0.3, -0.25) is 4.79 Å². The Labute approximate surface area is 82.2 Å². The lowest BCUT2D eigenvalue weighted by atomic mass is 9.92. The average molecular weight is 195 g/mol. The van der Waals surface area contributed by atoms with Crippen LogP contribution in [0.4, 0.5) is 5.00 Å². The van der Waals surface area contributed by atoms with Crippen LogP contribution in [0.1, 0.15) is 28.9 Å². The third-order valence-electron chi connectivity index (χ3n) is 2.70. The van der Waals surface area contributed by atoms with Gasteiger partial charge in [0, 0.05) is 13.1 Å². The molecule has 1 heterocycles. The molecule has 2 nitrogen and oxygen atoms in total. The number of hydrogen-bond donors (Lipinski definition) is 0. The van der Waals surface area contributed by atoms with Crippen LogP contribution in [0.15, 0.2) is 12.1 Å². The molecule has 0 atom stereocenters. The van der Waals surface area contributed by atoms with Crippen molar-refractivity contribution in [1.82, 2.24) is 0 Å². The van der Waals surface area contributed by atoms with Gasteiger partial charge in [-0.05, 0) is 31.4 Å². The molecule has 0 radical (unpaired) electrons. The number of anilines is 1. The molecule has 0 spiro atoms. The maximum absolute atomic E-state index is 10.5. The monoisotopic (exact) mass is 195 g/mol. The van der Waals surface area contributed by atoms with E-state index in [4.69, 9.17) is 0 Å². The van der Waals surface area contributed by atoms with E-state index in [1.165, 1.54) is 24.3 Å². The Kier molecular flexibility index (Phi) is 2.36. The van der Waals surface area contributed by atoms with Gasteiger partial charge in [0.2, 0.25) is 0 Å². The molecular weight excluding hydrogens is 182 g/mol. The summed E-state index contributed by atoms with van der Waals surface area (Å²) >= 11 is 1.58. The van der Waals surface area contributed by atoms with Gasteiger partial charge in [0.1, 0.15) is 0 Å². The maximum atomic E-state index is 10.5. The molecule has 0 aliphatic heterocycles. The van der Waals surface area contributed by atoms with E-state index in [2.05, 4.69) is 11.9 Å². The van der Waals surface area contributed by atoms with Crippen molar-refractivity contribution >= 4 is 22.6 Å². The fourth-order valence-electron chi connectivity index (χ4n) is 1.55. The quantitative estimate of drug-likeness (QED) is 0.691. The number of aldehydes is 1. The van der Waals surface area contributed by atoms with Gasteiger partial charge in [0.15, 0.2) is 6.29 Å². The molecule has 2 rings (SSSR count). The zero-order chi connectivity index (χ0) is 9.26. The molecule has 1 aromatic heterocycles. The summed E-state index contributed by atoms with van der Waals surface area (Å²) in [5.74, 6) is 0. The molecule has 1 aliphatic rings. The van der Waals surface area contributed by atoms with E-state index >= 15 is 0 Å². The summed E-state index contributed by atoms with van der Waals surface area (Å²) < 4.78 is 0. The van der Waals surface area contributed by atoms with Gasteiger partial charge in [-0.1, -0.05) is 0 Å². The Morgan fingerprint density at radius 3 is 2.77 bits per heavy atom. The fraction of sp³-hybridized carbons (Fsp3) is 0.500. The van der Waals surface area contributed by atoms with Crippen LogP contribution >= 0.6 is 11.3 Å². The van der Waals surface area contributed by atoms with Gasteiger partial charge < -0.3 is 4.90 Å². The van der Waals surface area contributed by atoms with Crippen LogP contribution in [0, 0.1) is 0 Å². The highest BCUT2D eigenvalue weighted by atomic mass is 32.1. The van der Waals surface area contributed by atoms with Gasteiger partial charge >= 0.3 is 0 Å². The highest BCUT2D eigenvalue weighted by Gasteiger charge is 2.22. The van der Waals surface area contributed by atoms with Crippen molar-refractivity contribution in [2.75, 3.05) is 11.9 Å². The number of thiophene rings is 1. The van der Waals surface area contributed by atoms with Crippen LogP contribution in [0.25, 0.3) is 0 Å². The Morgan fingerprint density at radius 2 is 2.31 bits per heavy atom. The predicted octanol–water partition coefficient (Wildman–Crippen LogP) is 2.55. The van der Waals surface area contributed by atoms with Crippen molar-refractivity contribution in [3.05, 3.63) is 17.0 Å². The number of hydrogen-bond acceptors (Lipinski definition) is 3. The summed E-state index contributed by atoms with van der Waals surface area (Å²) in [6, 6.07) is 4.63. The first-order valence-corrected chi connectivity index (χ1v) is 5.41. The summed E-state index contributed by atoms with van der Waals surface area (Å²) in [6.45, 7) is 0. The third-order valence-corrected chi connectivity index (χ3v) is 3.80. The van der Waals surface area contributed by atoms with Gasteiger partial charge in [0.05, 0.1) is 9.88 Å². The summed E-state index contributed by atoms with van der Waals surface area (Å²) in [5, 5.41) is 1.21. The lowest BCUT2D eigenvalue weighted by Gasteiger charge is -2.35. The van der Waals surface area contributed by atoms with Crippen LogP contribution in [0.5, 0.6) is 0 Å². The third kappa shape index (κ3) is 1.61. The Balaban J connectivity index is 2.09. The molecule has 0 unspecified atom stereocenters. The second-order valence-corrected chi connectivity index (χ2v) is 4.58. The summed E-state index contributed by atoms with van der Waals surface area (Å²) in [7, 11) is 2.12. The van der Waals surface area contributed by atoms with Crippen LogP contribution in [0.2, 0.25) is 0 Å². The molecule has 0 aromatic carbocycles. The lowest BCUT2D eigenvalue weighted by Crippen LogP contribution is -2.36. The minimum atomic E-state index is 0.707. The fourth-order valence-corrected chi connectivity index (χ4v) is 2.40. The highest BCUT2D eigenvalue weighted by Crippen LogP contribution is 2.32. The van der Waals surface area contributed by atoms with E-state index in [0.29, 0.717) is 6.04 Å². The van der Waals surface area contributed by atoms with Crippen molar-refractivity contribution in [2.24, 2.45) is 0 Å². The SMILES string of the molecule is CN(c1ccc(C=O)s1)C1CCC1. The van der Waals surface area contributed by atoms with Gasteiger partial charge in [0.25, 0.3) is 0 Å². The Bertz CT molecular complexity index is 304. The van der Waals surface area contributed by atoms with E-state index in [1.807, 2.05) is 12.1 Å². The molecular formula is C10H13NOS. The zero-order valence-electron chi connectivity index (χ0n) is 7.69. The first-order valence-electron chi connectivity index (χ1n) is 4.59. The molecule has 3 heteroatoms.